The molecular formula is C21H21N3O4. The number of hydrogen-bond acceptors (Lipinski definition) is 5. The van der Waals surface area contributed by atoms with E-state index >= 15 is 0 Å². The summed E-state index contributed by atoms with van der Waals surface area (Å²) in [6.07, 6.45) is 1.60. The third-order valence-corrected chi connectivity index (χ3v) is 4.28. The summed E-state index contributed by atoms with van der Waals surface area (Å²) in [6, 6.07) is 17.9. The average Bonchev–Trinajstić information content (AvgIpc) is 3.17. The monoisotopic (exact) mass is 379 g/mol. The number of nitrogens with zero attached hydrogens (tertiary/aromatic N) is 2. The van der Waals surface area contributed by atoms with Crippen molar-refractivity contribution in [2.45, 2.75) is 20.0 Å². The SMILES string of the molecule is Cc1ccc([N+](=O)[O-])cc1NC(=O)CN(Cc1ccccc1)Cc1ccco1. The number of anilines is 1. The average molecular weight is 379 g/mol. The Balaban J connectivity index is 1.71. The van der Waals surface area contributed by atoms with Gasteiger partial charge in [-0.15, -0.1) is 0 Å². The van der Waals surface area contributed by atoms with Gasteiger partial charge < -0.3 is 9.73 Å². The zero-order valence-corrected chi connectivity index (χ0v) is 15.5. The lowest BCUT2D eigenvalue weighted by Gasteiger charge is -2.21. The molecule has 28 heavy (non-hydrogen) atoms. The maximum atomic E-state index is 12.6. The molecular weight excluding hydrogens is 358 g/mol. The Hall–Kier alpha value is -3.45. The molecule has 0 atom stereocenters. The molecule has 1 amide bonds. The van der Waals surface area contributed by atoms with Gasteiger partial charge in [-0.25, -0.2) is 0 Å². The number of non-ortho nitro benzene ring substituents is 1. The Morgan fingerprint density at radius 3 is 2.57 bits per heavy atom. The summed E-state index contributed by atoms with van der Waals surface area (Å²) in [5.74, 6) is 0.515. The predicted molar refractivity (Wildman–Crippen MR) is 106 cm³/mol. The van der Waals surface area contributed by atoms with E-state index in [0.717, 1.165) is 16.9 Å². The van der Waals surface area contributed by atoms with Gasteiger partial charge in [0.1, 0.15) is 5.76 Å². The molecule has 0 bridgehead atoms. The third kappa shape index (κ3) is 5.28. The first-order valence-electron chi connectivity index (χ1n) is 8.85. The van der Waals surface area contributed by atoms with E-state index in [0.29, 0.717) is 18.8 Å². The molecule has 1 aromatic heterocycles. The van der Waals surface area contributed by atoms with Crippen LogP contribution in [0.15, 0.2) is 71.3 Å². The lowest BCUT2D eigenvalue weighted by Crippen LogP contribution is -2.32. The number of hydrogen-bond donors (Lipinski definition) is 1. The summed E-state index contributed by atoms with van der Waals surface area (Å²) >= 11 is 0. The Kier molecular flexibility index (Phi) is 6.18. The van der Waals surface area contributed by atoms with Crippen molar-refractivity contribution in [1.82, 2.24) is 4.90 Å². The van der Waals surface area contributed by atoms with Crippen LogP contribution in [0.2, 0.25) is 0 Å². The predicted octanol–water partition coefficient (Wildman–Crippen LogP) is 4.14. The zero-order chi connectivity index (χ0) is 19.9. The molecule has 144 valence electrons. The highest BCUT2D eigenvalue weighted by Gasteiger charge is 2.16. The van der Waals surface area contributed by atoms with E-state index in [1.54, 1.807) is 19.3 Å². The fourth-order valence-corrected chi connectivity index (χ4v) is 2.88. The van der Waals surface area contributed by atoms with Gasteiger partial charge in [0.2, 0.25) is 5.91 Å². The number of carbonyl (C=O) groups excluding carboxylic acids is 1. The molecule has 3 rings (SSSR count). The molecule has 0 saturated heterocycles. The molecule has 7 heteroatoms. The normalized spacial score (nSPS) is 10.8. The summed E-state index contributed by atoms with van der Waals surface area (Å²) in [5.41, 5.74) is 2.22. The largest absolute Gasteiger partial charge is 0.468 e. The molecule has 0 aliphatic rings. The lowest BCUT2D eigenvalue weighted by atomic mass is 10.1. The molecule has 0 spiro atoms. The van der Waals surface area contributed by atoms with E-state index in [4.69, 9.17) is 4.42 Å². The summed E-state index contributed by atoms with van der Waals surface area (Å²) in [6.45, 7) is 2.97. The van der Waals surface area contributed by atoms with E-state index in [-0.39, 0.29) is 18.1 Å². The van der Waals surface area contributed by atoms with Gasteiger partial charge in [-0.3, -0.25) is 19.8 Å². The molecule has 2 aromatic carbocycles. The summed E-state index contributed by atoms with van der Waals surface area (Å²) in [5, 5.41) is 13.8. The Bertz CT molecular complexity index is 940. The van der Waals surface area contributed by atoms with Crippen LogP contribution in [0, 0.1) is 17.0 Å². The van der Waals surface area contributed by atoms with E-state index in [9.17, 15) is 14.9 Å². The van der Waals surface area contributed by atoms with Crippen LogP contribution >= 0.6 is 0 Å². The number of benzene rings is 2. The number of nitrogens with one attached hydrogen (secondary N) is 1. The zero-order valence-electron chi connectivity index (χ0n) is 15.5. The van der Waals surface area contributed by atoms with Gasteiger partial charge in [-0.05, 0) is 30.2 Å². The maximum Gasteiger partial charge on any atom is 0.271 e. The minimum atomic E-state index is -0.478. The first kappa shape index (κ1) is 19.3. The third-order valence-electron chi connectivity index (χ3n) is 4.28. The Morgan fingerprint density at radius 2 is 1.89 bits per heavy atom. The first-order valence-corrected chi connectivity index (χ1v) is 8.85. The summed E-state index contributed by atoms with van der Waals surface area (Å²) in [7, 11) is 0. The second-order valence-electron chi connectivity index (χ2n) is 6.51. The van der Waals surface area contributed by atoms with Crippen molar-refractivity contribution in [3.05, 3.63) is 93.9 Å². The van der Waals surface area contributed by atoms with Crippen molar-refractivity contribution in [2.75, 3.05) is 11.9 Å². The van der Waals surface area contributed by atoms with E-state index in [1.165, 1.54) is 12.1 Å². The lowest BCUT2D eigenvalue weighted by molar-refractivity contribution is -0.384. The van der Waals surface area contributed by atoms with Crippen LogP contribution in [0.1, 0.15) is 16.9 Å². The van der Waals surface area contributed by atoms with Gasteiger partial charge >= 0.3 is 0 Å². The second-order valence-corrected chi connectivity index (χ2v) is 6.51. The highest BCUT2D eigenvalue weighted by molar-refractivity contribution is 5.93. The summed E-state index contributed by atoms with van der Waals surface area (Å²) in [4.78, 5) is 25.1. The quantitative estimate of drug-likeness (QED) is 0.469. The van der Waals surface area contributed by atoms with Gasteiger partial charge in [0, 0.05) is 18.7 Å². The molecule has 0 aliphatic heterocycles. The Morgan fingerprint density at radius 1 is 1.11 bits per heavy atom. The van der Waals surface area contributed by atoms with Crippen LogP contribution < -0.4 is 5.32 Å². The maximum absolute atomic E-state index is 12.6. The highest BCUT2D eigenvalue weighted by atomic mass is 16.6. The van der Waals surface area contributed by atoms with Crippen LogP contribution in [0.25, 0.3) is 0 Å². The smallest absolute Gasteiger partial charge is 0.271 e. The molecule has 0 aliphatic carbocycles. The molecule has 7 nitrogen and oxygen atoms in total. The van der Waals surface area contributed by atoms with Gasteiger partial charge in [0.15, 0.2) is 0 Å². The van der Waals surface area contributed by atoms with Crippen molar-refractivity contribution in [1.29, 1.82) is 0 Å². The molecule has 0 radical (unpaired) electrons. The van der Waals surface area contributed by atoms with Crippen molar-refractivity contribution in [3.8, 4) is 0 Å². The molecule has 1 heterocycles. The second kappa shape index (κ2) is 8.96. The minimum Gasteiger partial charge on any atom is -0.468 e. The van der Waals surface area contributed by atoms with Gasteiger partial charge in [0.05, 0.1) is 30.0 Å². The number of aryl methyl sites for hydroxylation is 1. The number of rotatable bonds is 8. The number of nitro groups is 1. The van der Waals surface area contributed by atoms with Crippen LogP contribution in [0.5, 0.6) is 0 Å². The Labute approximate surface area is 162 Å². The van der Waals surface area contributed by atoms with Crippen molar-refractivity contribution < 1.29 is 14.1 Å². The van der Waals surface area contributed by atoms with Crippen LogP contribution in [-0.2, 0) is 17.9 Å². The van der Waals surface area contributed by atoms with E-state index < -0.39 is 4.92 Å². The van der Waals surface area contributed by atoms with Gasteiger partial charge in [-0.2, -0.15) is 0 Å². The molecule has 3 aromatic rings. The van der Waals surface area contributed by atoms with Crippen molar-refractivity contribution in [3.63, 3.8) is 0 Å². The van der Waals surface area contributed by atoms with E-state index in [1.807, 2.05) is 47.4 Å². The van der Waals surface area contributed by atoms with Crippen molar-refractivity contribution >= 4 is 17.3 Å². The minimum absolute atomic E-state index is 0.0578. The number of furan rings is 1. The topological polar surface area (TPSA) is 88.6 Å². The number of amides is 1. The number of carbonyl (C=O) groups is 1. The molecule has 1 N–H and O–H groups in total. The van der Waals surface area contributed by atoms with Gasteiger partial charge in [-0.1, -0.05) is 36.4 Å². The highest BCUT2D eigenvalue weighted by Crippen LogP contribution is 2.22. The van der Waals surface area contributed by atoms with Gasteiger partial charge in [0.25, 0.3) is 5.69 Å². The van der Waals surface area contributed by atoms with Crippen LogP contribution in [-0.4, -0.2) is 22.3 Å². The molecule has 0 unspecified atom stereocenters. The van der Waals surface area contributed by atoms with E-state index in [2.05, 4.69) is 5.32 Å². The molecule has 0 saturated carbocycles. The van der Waals surface area contributed by atoms with Crippen LogP contribution in [0.3, 0.4) is 0 Å². The summed E-state index contributed by atoms with van der Waals surface area (Å²) < 4.78 is 5.41. The van der Waals surface area contributed by atoms with Crippen molar-refractivity contribution in [2.24, 2.45) is 0 Å². The standard InChI is InChI=1S/C21H21N3O4/c1-16-9-10-18(24(26)27)12-20(16)22-21(25)15-23(14-19-8-5-11-28-19)13-17-6-3-2-4-7-17/h2-12H,13-15H2,1H3,(H,22,25). The fraction of sp³-hybridized carbons (Fsp3) is 0.190. The van der Waals surface area contributed by atoms with Crippen LogP contribution in [0.4, 0.5) is 11.4 Å². The molecule has 0 fully saturated rings. The number of nitro benzene ring substituents is 1. The fourth-order valence-electron chi connectivity index (χ4n) is 2.88. The first-order chi connectivity index (χ1) is 13.5.